The van der Waals surface area contributed by atoms with Crippen LogP contribution < -0.4 is 4.90 Å². The SMILES string of the molecule is CCC(=O)C1CCN(c2ccc3c(c2)CCCC3)C1. The van der Waals surface area contributed by atoms with Gasteiger partial charge in [-0.2, -0.15) is 0 Å². The van der Waals surface area contributed by atoms with E-state index in [0.29, 0.717) is 12.2 Å². The fourth-order valence-electron chi connectivity index (χ4n) is 3.46. The third-order valence-electron chi connectivity index (χ3n) is 4.69. The molecule has 1 aliphatic heterocycles. The van der Waals surface area contributed by atoms with Crippen LogP contribution in [0.1, 0.15) is 43.7 Å². The van der Waals surface area contributed by atoms with E-state index in [4.69, 9.17) is 0 Å². The Bertz CT molecular complexity index is 480. The molecule has 1 saturated heterocycles. The average Bonchev–Trinajstić information content (AvgIpc) is 2.95. The van der Waals surface area contributed by atoms with E-state index in [-0.39, 0.29) is 5.92 Å². The highest BCUT2D eigenvalue weighted by Crippen LogP contribution is 2.29. The topological polar surface area (TPSA) is 20.3 Å². The first-order valence-corrected chi connectivity index (χ1v) is 7.67. The molecule has 0 N–H and O–H groups in total. The Morgan fingerprint density at radius 3 is 2.84 bits per heavy atom. The van der Waals surface area contributed by atoms with Gasteiger partial charge in [0, 0.05) is 31.1 Å². The summed E-state index contributed by atoms with van der Waals surface area (Å²) in [7, 11) is 0. The number of nitrogens with zero attached hydrogens (tertiary/aromatic N) is 1. The maximum absolute atomic E-state index is 11.8. The van der Waals surface area contributed by atoms with Crippen LogP contribution in [0, 0.1) is 5.92 Å². The summed E-state index contributed by atoms with van der Waals surface area (Å²) in [5, 5.41) is 0. The molecule has 102 valence electrons. The zero-order chi connectivity index (χ0) is 13.2. The molecule has 1 aromatic rings. The summed E-state index contributed by atoms with van der Waals surface area (Å²) < 4.78 is 0. The molecule has 1 aromatic carbocycles. The van der Waals surface area contributed by atoms with Crippen molar-refractivity contribution in [3.8, 4) is 0 Å². The molecule has 0 amide bonds. The van der Waals surface area contributed by atoms with E-state index in [1.165, 1.54) is 42.5 Å². The van der Waals surface area contributed by atoms with Gasteiger partial charge in [0.05, 0.1) is 0 Å². The molecule has 0 radical (unpaired) electrons. The lowest BCUT2D eigenvalue weighted by atomic mass is 9.91. The van der Waals surface area contributed by atoms with Crippen molar-refractivity contribution in [2.24, 2.45) is 5.92 Å². The number of hydrogen-bond acceptors (Lipinski definition) is 2. The van der Waals surface area contributed by atoms with Gasteiger partial charge in [-0.3, -0.25) is 4.79 Å². The van der Waals surface area contributed by atoms with Gasteiger partial charge in [-0.1, -0.05) is 13.0 Å². The number of fused-ring (bicyclic) bond motifs is 1. The molecule has 3 rings (SSSR count). The molecule has 1 unspecified atom stereocenters. The standard InChI is InChI=1S/C17H23NO/c1-2-17(19)15-9-10-18(12-15)16-8-7-13-5-3-4-6-14(13)11-16/h7-8,11,15H,2-6,9-10,12H2,1H3. The summed E-state index contributed by atoms with van der Waals surface area (Å²) in [6.07, 6.45) is 6.85. The van der Waals surface area contributed by atoms with E-state index in [0.717, 1.165) is 19.5 Å². The molecule has 2 nitrogen and oxygen atoms in total. The maximum Gasteiger partial charge on any atom is 0.137 e. The normalized spacial score (nSPS) is 22.4. The number of carbonyl (C=O) groups is 1. The predicted octanol–water partition coefficient (Wildman–Crippen LogP) is 3.37. The molecule has 1 fully saturated rings. The lowest BCUT2D eigenvalue weighted by Crippen LogP contribution is -2.22. The Hall–Kier alpha value is -1.31. The van der Waals surface area contributed by atoms with Crippen LogP contribution in [0.4, 0.5) is 5.69 Å². The second-order valence-electron chi connectivity index (χ2n) is 5.91. The van der Waals surface area contributed by atoms with E-state index in [1.54, 1.807) is 0 Å². The quantitative estimate of drug-likeness (QED) is 0.827. The number of Topliss-reactive ketones (excluding diaryl/α,β-unsaturated/α-hetero) is 1. The van der Waals surface area contributed by atoms with Gasteiger partial charge in [-0.25, -0.2) is 0 Å². The molecule has 0 saturated carbocycles. The van der Waals surface area contributed by atoms with Gasteiger partial charge in [-0.15, -0.1) is 0 Å². The van der Waals surface area contributed by atoms with E-state index < -0.39 is 0 Å². The van der Waals surface area contributed by atoms with Gasteiger partial charge in [0.2, 0.25) is 0 Å². The lowest BCUT2D eigenvalue weighted by Gasteiger charge is -2.22. The van der Waals surface area contributed by atoms with Crippen molar-refractivity contribution in [1.29, 1.82) is 0 Å². The van der Waals surface area contributed by atoms with Crippen LogP contribution in [0.25, 0.3) is 0 Å². The Morgan fingerprint density at radius 1 is 1.26 bits per heavy atom. The van der Waals surface area contributed by atoms with Crippen LogP contribution >= 0.6 is 0 Å². The van der Waals surface area contributed by atoms with Gasteiger partial charge in [0.15, 0.2) is 0 Å². The number of benzene rings is 1. The van der Waals surface area contributed by atoms with Crippen LogP contribution in [0.15, 0.2) is 18.2 Å². The lowest BCUT2D eigenvalue weighted by molar-refractivity contribution is -0.121. The van der Waals surface area contributed by atoms with E-state index in [2.05, 4.69) is 23.1 Å². The Kier molecular flexibility index (Phi) is 3.58. The summed E-state index contributed by atoms with van der Waals surface area (Å²) in [6.45, 7) is 3.94. The van der Waals surface area contributed by atoms with Gasteiger partial charge < -0.3 is 4.90 Å². The fraction of sp³-hybridized carbons (Fsp3) is 0.588. The summed E-state index contributed by atoms with van der Waals surface area (Å²) in [5.74, 6) is 0.696. The van der Waals surface area contributed by atoms with E-state index in [1.807, 2.05) is 6.92 Å². The minimum absolute atomic E-state index is 0.265. The van der Waals surface area contributed by atoms with Gasteiger partial charge in [0.25, 0.3) is 0 Å². The maximum atomic E-state index is 11.8. The van der Waals surface area contributed by atoms with Crippen molar-refractivity contribution in [2.45, 2.75) is 45.4 Å². The van der Waals surface area contributed by atoms with E-state index in [9.17, 15) is 4.79 Å². The summed E-state index contributed by atoms with van der Waals surface area (Å²) in [5.41, 5.74) is 4.40. The molecule has 2 aliphatic rings. The highest BCUT2D eigenvalue weighted by Gasteiger charge is 2.27. The molecular formula is C17H23NO. The third-order valence-corrected chi connectivity index (χ3v) is 4.69. The van der Waals surface area contributed by atoms with Gasteiger partial charge in [0.1, 0.15) is 5.78 Å². The van der Waals surface area contributed by atoms with Crippen molar-refractivity contribution in [3.63, 3.8) is 0 Å². The van der Waals surface area contributed by atoms with Crippen molar-refractivity contribution in [3.05, 3.63) is 29.3 Å². The van der Waals surface area contributed by atoms with Gasteiger partial charge in [-0.05, 0) is 55.4 Å². The highest BCUT2D eigenvalue weighted by atomic mass is 16.1. The Balaban J connectivity index is 1.75. The van der Waals surface area contributed by atoms with Crippen molar-refractivity contribution in [2.75, 3.05) is 18.0 Å². The van der Waals surface area contributed by atoms with Crippen LogP contribution in [-0.4, -0.2) is 18.9 Å². The molecule has 0 spiro atoms. The number of hydrogen-bond donors (Lipinski definition) is 0. The van der Waals surface area contributed by atoms with Gasteiger partial charge >= 0.3 is 0 Å². The average molecular weight is 257 g/mol. The number of ketones is 1. The van der Waals surface area contributed by atoms with Crippen LogP contribution in [0.3, 0.4) is 0 Å². The first-order chi connectivity index (χ1) is 9.28. The third kappa shape index (κ3) is 2.54. The minimum Gasteiger partial charge on any atom is -0.371 e. The molecule has 1 atom stereocenters. The second-order valence-corrected chi connectivity index (χ2v) is 5.91. The number of anilines is 1. The zero-order valence-electron chi connectivity index (χ0n) is 11.8. The molecule has 1 aliphatic carbocycles. The zero-order valence-corrected chi connectivity index (χ0v) is 11.8. The van der Waals surface area contributed by atoms with Crippen molar-refractivity contribution in [1.82, 2.24) is 0 Å². The molecule has 2 heteroatoms. The van der Waals surface area contributed by atoms with E-state index >= 15 is 0 Å². The highest BCUT2D eigenvalue weighted by molar-refractivity contribution is 5.82. The van der Waals surface area contributed by atoms with Crippen LogP contribution in [0.2, 0.25) is 0 Å². The predicted molar refractivity (Wildman–Crippen MR) is 78.7 cm³/mol. The Labute approximate surface area is 115 Å². The summed E-state index contributed by atoms with van der Waals surface area (Å²) in [6, 6.07) is 6.93. The van der Waals surface area contributed by atoms with Crippen LogP contribution in [-0.2, 0) is 17.6 Å². The molecule has 19 heavy (non-hydrogen) atoms. The van der Waals surface area contributed by atoms with Crippen molar-refractivity contribution >= 4 is 11.5 Å². The summed E-state index contributed by atoms with van der Waals surface area (Å²) in [4.78, 5) is 14.2. The smallest absolute Gasteiger partial charge is 0.137 e. The molecule has 0 bridgehead atoms. The minimum atomic E-state index is 0.265. The Morgan fingerprint density at radius 2 is 2.05 bits per heavy atom. The molecule has 0 aromatic heterocycles. The first kappa shape index (κ1) is 12.7. The number of carbonyl (C=O) groups excluding carboxylic acids is 1. The van der Waals surface area contributed by atoms with Crippen LogP contribution in [0.5, 0.6) is 0 Å². The summed E-state index contributed by atoms with van der Waals surface area (Å²) >= 11 is 0. The number of rotatable bonds is 3. The fourth-order valence-corrected chi connectivity index (χ4v) is 3.46. The largest absolute Gasteiger partial charge is 0.371 e. The monoisotopic (exact) mass is 257 g/mol. The first-order valence-electron chi connectivity index (χ1n) is 7.67. The second kappa shape index (κ2) is 5.36. The van der Waals surface area contributed by atoms with Crippen molar-refractivity contribution < 1.29 is 4.79 Å². The number of aryl methyl sites for hydroxylation is 2. The molecular weight excluding hydrogens is 234 g/mol. The molecule has 1 heterocycles.